The highest BCUT2D eigenvalue weighted by Crippen LogP contribution is 2.23. The summed E-state index contributed by atoms with van der Waals surface area (Å²) in [4.78, 5) is 11.5. The highest BCUT2D eigenvalue weighted by Gasteiger charge is 2.33. The summed E-state index contributed by atoms with van der Waals surface area (Å²) < 4.78 is 33.4. The molecule has 1 aliphatic heterocycles. The summed E-state index contributed by atoms with van der Waals surface area (Å²) in [6, 6.07) is 0. The number of carbonyl (C=O) groups is 1. The lowest BCUT2D eigenvalue weighted by Crippen LogP contribution is -2.33. The molecule has 5 nitrogen and oxygen atoms in total. The van der Waals surface area contributed by atoms with Gasteiger partial charge in [0, 0.05) is 5.57 Å². The molecule has 1 heterocycles. The number of carbonyl (C=O) groups excluding carboxylic acids is 1. The second-order valence-electron chi connectivity index (χ2n) is 4.55. The quantitative estimate of drug-likeness (QED) is 0.445. The SMILES string of the molecule is C=C(C)C(=O)OC1CCCS(=O)(=O)OC1CCC. The predicted molar refractivity (Wildman–Crippen MR) is 67.5 cm³/mol. The van der Waals surface area contributed by atoms with Crippen LogP contribution < -0.4 is 0 Å². The molecule has 0 aliphatic carbocycles. The summed E-state index contributed by atoms with van der Waals surface area (Å²) in [6.45, 7) is 7.00. The van der Waals surface area contributed by atoms with E-state index in [0.29, 0.717) is 24.8 Å². The molecule has 6 heteroatoms. The van der Waals surface area contributed by atoms with Crippen molar-refractivity contribution in [1.29, 1.82) is 0 Å². The molecule has 0 amide bonds. The maximum atomic E-state index is 11.5. The van der Waals surface area contributed by atoms with E-state index < -0.39 is 28.3 Å². The van der Waals surface area contributed by atoms with Crippen LogP contribution in [-0.2, 0) is 23.8 Å². The van der Waals surface area contributed by atoms with Crippen molar-refractivity contribution < 1.29 is 22.1 Å². The molecule has 0 aromatic heterocycles. The van der Waals surface area contributed by atoms with E-state index in [9.17, 15) is 13.2 Å². The van der Waals surface area contributed by atoms with E-state index in [4.69, 9.17) is 8.92 Å². The molecule has 2 unspecified atom stereocenters. The first-order valence-electron chi connectivity index (χ1n) is 6.13. The number of esters is 1. The standard InChI is InChI=1S/C12H20O5S/c1-4-6-11-10(16-12(13)9(2)3)7-5-8-18(14,15)17-11/h10-11H,2,4-8H2,1,3H3. The van der Waals surface area contributed by atoms with Crippen molar-refractivity contribution in [2.24, 2.45) is 0 Å². The first-order valence-corrected chi connectivity index (χ1v) is 7.71. The molecule has 1 fully saturated rings. The summed E-state index contributed by atoms with van der Waals surface area (Å²) in [6.07, 6.45) is 1.17. The lowest BCUT2D eigenvalue weighted by molar-refractivity contribution is -0.149. The largest absolute Gasteiger partial charge is 0.456 e. The van der Waals surface area contributed by atoms with Crippen molar-refractivity contribution >= 4 is 16.1 Å². The van der Waals surface area contributed by atoms with Gasteiger partial charge in [-0.2, -0.15) is 8.42 Å². The Labute approximate surface area is 108 Å². The summed E-state index contributed by atoms with van der Waals surface area (Å²) in [5, 5.41) is 0. The second-order valence-corrected chi connectivity index (χ2v) is 6.27. The molecule has 18 heavy (non-hydrogen) atoms. The van der Waals surface area contributed by atoms with Crippen LogP contribution in [0.1, 0.15) is 39.5 Å². The molecular formula is C12H20O5S. The zero-order valence-electron chi connectivity index (χ0n) is 10.8. The fourth-order valence-electron chi connectivity index (χ4n) is 1.84. The molecule has 0 radical (unpaired) electrons. The fraction of sp³-hybridized carbons (Fsp3) is 0.750. The lowest BCUT2D eigenvalue weighted by atomic mass is 10.0. The van der Waals surface area contributed by atoms with Gasteiger partial charge in [0.2, 0.25) is 0 Å². The van der Waals surface area contributed by atoms with E-state index in [0.717, 1.165) is 6.42 Å². The zero-order chi connectivity index (χ0) is 13.8. The van der Waals surface area contributed by atoms with Gasteiger partial charge < -0.3 is 4.74 Å². The van der Waals surface area contributed by atoms with E-state index in [2.05, 4.69) is 6.58 Å². The van der Waals surface area contributed by atoms with Crippen LogP contribution in [-0.4, -0.2) is 32.3 Å². The predicted octanol–water partition coefficient (Wildman–Crippen LogP) is 1.78. The van der Waals surface area contributed by atoms with Gasteiger partial charge >= 0.3 is 5.97 Å². The summed E-state index contributed by atoms with van der Waals surface area (Å²) in [5.74, 6) is -0.516. The van der Waals surface area contributed by atoms with Gasteiger partial charge in [-0.15, -0.1) is 0 Å². The van der Waals surface area contributed by atoms with Crippen LogP contribution in [0.25, 0.3) is 0 Å². The molecule has 104 valence electrons. The van der Waals surface area contributed by atoms with Gasteiger partial charge in [0.15, 0.2) is 0 Å². The molecule has 1 aliphatic rings. The van der Waals surface area contributed by atoms with E-state index in [-0.39, 0.29) is 5.75 Å². The maximum absolute atomic E-state index is 11.5. The van der Waals surface area contributed by atoms with Crippen LogP contribution in [0.5, 0.6) is 0 Å². The average Bonchev–Trinajstić information content (AvgIpc) is 2.38. The third-order valence-electron chi connectivity index (χ3n) is 2.75. The van der Waals surface area contributed by atoms with Gasteiger partial charge in [0.1, 0.15) is 12.2 Å². The van der Waals surface area contributed by atoms with Gasteiger partial charge in [0.05, 0.1) is 5.75 Å². The Kier molecular flexibility index (Phi) is 5.34. The topological polar surface area (TPSA) is 69.7 Å². The molecule has 1 rings (SSSR count). The molecule has 1 saturated heterocycles. The third kappa shape index (κ3) is 4.42. The first kappa shape index (κ1) is 15.2. The van der Waals surface area contributed by atoms with Crippen LogP contribution in [0, 0.1) is 0 Å². The minimum atomic E-state index is -3.49. The van der Waals surface area contributed by atoms with E-state index in [1.54, 1.807) is 6.92 Å². The van der Waals surface area contributed by atoms with Crippen molar-refractivity contribution in [2.75, 3.05) is 5.75 Å². The van der Waals surface area contributed by atoms with Crippen molar-refractivity contribution in [3.05, 3.63) is 12.2 Å². The van der Waals surface area contributed by atoms with E-state index in [1.165, 1.54) is 0 Å². The Morgan fingerprint density at radius 3 is 2.72 bits per heavy atom. The van der Waals surface area contributed by atoms with Gasteiger partial charge in [-0.05, 0) is 26.2 Å². The third-order valence-corrected chi connectivity index (χ3v) is 4.08. The molecular weight excluding hydrogens is 256 g/mol. The van der Waals surface area contributed by atoms with Crippen molar-refractivity contribution in [3.63, 3.8) is 0 Å². The Morgan fingerprint density at radius 2 is 2.17 bits per heavy atom. The maximum Gasteiger partial charge on any atom is 0.333 e. The molecule has 0 spiro atoms. The number of hydrogen-bond donors (Lipinski definition) is 0. The minimum Gasteiger partial charge on any atom is -0.456 e. The molecule has 0 aromatic carbocycles. The molecule has 0 aromatic rings. The van der Waals surface area contributed by atoms with E-state index >= 15 is 0 Å². The second kappa shape index (κ2) is 6.33. The van der Waals surface area contributed by atoms with Crippen LogP contribution in [0.3, 0.4) is 0 Å². The molecule has 2 atom stereocenters. The highest BCUT2D eigenvalue weighted by molar-refractivity contribution is 7.86. The average molecular weight is 276 g/mol. The smallest absolute Gasteiger partial charge is 0.333 e. The lowest BCUT2D eigenvalue weighted by Gasteiger charge is -2.23. The van der Waals surface area contributed by atoms with Gasteiger partial charge in [-0.3, -0.25) is 4.18 Å². The number of hydrogen-bond acceptors (Lipinski definition) is 5. The minimum absolute atomic E-state index is 0.0195. The first-order chi connectivity index (χ1) is 8.35. The molecule has 0 N–H and O–H groups in total. The summed E-state index contributed by atoms with van der Waals surface area (Å²) >= 11 is 0. The normalized spacial score (nSPS) is 27.2. The Morgan fingerprint density at radius 1 is 1.50 bits per heavy atom. The van der Waals surface area contributed by atoms with Gasteiger partial charge in [-0.25, -0.2) is 4.79 Å². The van der Waals surface area contributed by atoms with E-state index in [1.807, 2.05) is 6.92 Å². The van der Waals surface area contributed by atoms with Crippen LogP contribution in [0.4, 0.5) is 0 Å². The van der Waals surface area contributed by atoms with Crippen molar-refractivity contribution in [2.45, 2.75) is 51.7 Å². The molecule has 0 bridgehead atoms. The highest BCUT2D eigenvalue weighted by atomic mass is 32.2. The number of ether oxygens (including phenoxy) is 1. The van der Waals surface area contributed by atoms with Gasteiger partial charge in [-0.1, -0.05) is 19.9 Å². The van der Waals surface area contributed by atoms with Crippen LogP contribution in [0.15, 0.2) is 12.2 Å². The summed E-state index contributed by atoms with van der Waals surface area (Å²) in [5.41, 5.74) is 0.303. The zero-order valence-corrected chi connectivity index (χ0v) is 11.7. The van der Waals surface area contributed by atoms with Crippen LogP contribution in [0.2, 0.25) is 0 Å². The Bertz CT molecular complexity index is 412. The van der Waals surface area contributed by atoms with Crippen LogP contribution >= 0.6 is 0 Å². The molecule has 0 saturated carbocycles. The van der Waals surface area contributed by atoms with Crippen molar-refractivity contribution in [3.8, 4) is 0 Å². The Hall–Kier alpha value is -0.880. The summed E-state index contributed by atoms with van der Waals surface area (Å²) in [7, 11) is -3.49. The fourth-order valence-corrected chi connectivity index (χ4v) is 3.05. The van der Waals surface area contributed by atoms with Crippen molar-refractivity contribution in [1.82, 2.24) is 0 Å². The number of rotatable bonds is 4. The Balaban J connectivity index is 2.79. The monoisotopic (exact) mass is 276 g/mol. The van der Waals surface area contributed by atoms with Gasteiger partial charge in [0.25, 0.3) is 10.1 Å².